The van der Waals surface area contributed by atoms with Gasteiger partial charge in [0.2, 0.25) is 0 Å². The fourth-order valence-electron chi connectivity index (χ4n) is 1.60. The molecule has 1 aliphatic rings. The van der Waals surface area contributed by atoms with Gasteiger partial charge in [-0.1, -0.05) is 0 Å². The largest absolute Gasteiger partial charge is 0.393 e. The van der Waals surface area contributed by atoms with Gasteiger partial charge in [-0.05, 0) is 12.8 Å². The molecular formula is C8H16O3. The Kier molecular flexibility index (Phi) is 3.30. The van der Waals surface area contributed by atoms with Crippen LogP contribution in [-0.4, -0.2) is 37.6 Å². The Hall–Kier alpha value is -0.120. The Morgan fingerprint density at radius 2 is 1.73 bits per heavy atom. The van der Waals surface area contributed by atoms with Crippen LogP contribution in [0.4, 0.5) is 0 Å². The number of rotatable bonds is 2. The molecule has 1 N–H and O–H groups in total. The Balaban J connectivity index is 2.41. The first-order valence-electron chi connectivity index (χ1n) is 4.01. The van der Waals surface area contributed by atoms with E-state index in [4.69, 9.17) is 9.47 Å². The van der Waals surface area contributed by atoms with Crippen LogP contribution in [0.15, 0.2) is 0 Å². The summed E-state index contributed by atoms with van der Waals surface area (Å²) in [5.41, 5.74) is 0. The maximum atomic E-state index is 9.29. The van der Waals surface area contributed by atoms with Crippen LogP contribution in [0, 0.1) is 0 Å². The number of ether oxygens (including phenoxy) is 2. The monoisotopic (exact) mass is 160 g/mol. The lowest BCUT2D eigenvalue weighted by atomic mass is 9.92. The summed E-state index contributed by atoms with van der Waals surface area (Å²) in [4.78, 5) is 0. The van der Waals surface area contributed by atoms with Crippen LogP contribution in [0.3, 0.4) is 0 Å². The normalized spacial score (nSPS) is 39.0. The van der Waals surface area contributed by atoms with Crippen LogP contribution in [0.1, 0.15) is 19.3 Å². The summed E-state index contributed by atoms with van der Waals surface area (Å²) in [6, 6.07) is 0. The summed E-state index contributed by atoms with van der Waals surface area (Å²) < 4.78 is 10.4. The number of hydrogen-bond donors (Lipinski definition) is 1. The number of methoxy groups -OCH3 is 2. The molecule has 66 valence electrons. The summed E-state index contributed by atoms with van der Waals surface area (Å²) in [5.74, 6) is 0. The summed E-state index contributed by atoms with van der Waals surface area (Å²) in [5, 5.41) is 9.29. The smallest absolute Gasteiger partial charge is 0.0857 e. The Labute approximate surface area is 67.3 Å². The highest BCUT2D eigenvalue weighted by atomic mass is 16.5. The summed E-state index contributed by atoms with van der Waals surface area (Å²) in [7, 11) is 3.35. The summed E-state index contributed by atoms with van der Waals surface area (Å²) >= 11 is 0. The second-order valence-corrected chi connectivity index (χ2v) is 3.02. The summed E-state index contributed by atoms with van der Waals surface area (Å²) in [6.07, 6.45) is 2.47. The molecule has 3 unspecified atom stereocenters. The molecule has 1 rings (SSSR count). The average Bonchev–Trinajstić information content (AvgIpc) is 2.04. The zero-order valence-corrected chi connectivity index (χ0v) is 7.12. The lowest BCUT2D eigenvalue weighted by Gasteiger charge is -2.31. The van der Waals surface area contributed by atoms with Gasteiger partial charge in [-0.25, -0.2) is 0 Å². The van der Waals surface area contributed by atoms with Crippen LogP contribution < -0.4 is 0 Å². The molecule has 0 heterocycles. The fourth-order valence-corrected chi connectivity index (χ4v) is 1.60. The van der Waals surface area contributed by atoms with E-state index in [9.17, 15) is 5.11 Å². The van der Waals surface area contributed by atoms with Crippen LogP contribution in [0.25, 0.3) is 0 Å². The molecule has 1 fully saturated rings. The van der Waals surface area contributed by atoms with E-state index in [0.717, 1.165) is 12.8 Å². The van der Waals surface area contributed by atoms with Gasteiger partial charge < -0.3 is 14.6 Å². The van der Waals surface area contributed by atoms with Gasteiger partial charge in [0.05, 0.1) is 18.3 Å². The summed E-state index contributed by atoms with van der Waals surface area (Å²) in [6.45, 7) is 0. The number of aliphatic hydroxyl groups is 1. The van der Waals surface area contributed by atoms with E-state index in [1.807, 2.05) is 0 Å². The molecule has 11 heavy (non-hydrogen) atoms. The highest BCUT2D eigenvalue weighted by Crippen LogP contribution is 2.23. The van der Waals surface area contributed by atoms with Gasteiger partial charge in [0.15, 0.2) is 0 Å². The molecule has 1 saturated carbocycles. The van der Waals surface area contributed by atoms with Crippen molar-refractivity contribution in [2.45, 2.75) is 37.6 Å². The Bertz CT molecular complexity index is 116. The fraction of sp³-hybridized carbons (Fsp3) is 1.00. The van der Waals surface area contributed by atoms with Gasteiger partial charge in [-0.2, -0.15) is 0 Å². The van der Waals surface area contributed by atoms with E-state index in [0.29, 0.717) is 6.42 Å². The van der Waals surface area contributed by atoms with Crippen molar-refractivity contribution in [2.24, 2.45) is 0 Å². The van der Waals surface area contributed by atoms with Gasteiger partial charge in [0, 0.05) is 20.6 Å². The second-order valence-electron chi connectivity index (χ2n) is 3.02. The van der Waals surface area contributed by atoms with Gasteiger partial charge >= 0.3 is 0 Å². The maximum Gasteiger partial charge on any atom is 0.0857 e. The maximum absolute atomic E-state index is 9.29. The minimum absolute atomic E-state index is 0.0729. The highest BCUT2D eigenvalue weighted by Gasteiger charge is 2.29. The molecule has 0 bridgehead atoms. The first-order chi connectivity index (χ1) is 5.27. The molecule has 3 atom stereocenters. The van der Waals surface area contributed by atoms with Crippen molar-refractivity contribution in [3.05, 3.63) is 0 Å². The molecule has 0 saturated heterocycles. The van der Waals surface area contributed by atoms with Gasteiger partial charge in [0.25, 0.3) is 0 Å². The zero-order valence-electron chi connectivity index (χ0n) is 7.12. The van der Waals surface area contributed by atoms with Crippen LogP contribution >= 0.6 is 0 Å². The quantitative estimate of drug-likeness (QED) is 0.641. The molecule has 3 nitrogen and oxygen atoms in total. The van der Waals surface area contributed by atoms with Crippen molar-refractivity contribution in [1.29, 1.82) is 0 Å². The molecule has 0 aromatic rings. The highest BCUT2D eigenvalue weighted by molar-refractivity contribution is 4.80. The van der Waals surface area contributed by atoms with Crippen molar-refractivity contribution >= 4 is 0 Å². The standard InChI is InChI=1S/C8H16O3/c1-10-7-4-3-6(9)5-8(7)11-2/h6-9H,3-5H2,1-2H3. The van der Waals surface area contributed by atoms with Crippen molar-refractivity contribution in [2.75, 3.05) is 14.2 Å². The third-order valence-corrected chi connectivity index (χ3v) is 2.31. The van der Waals surface area contributed by atoms with E-state index >= 15 is 0 Å². The lowest BCUT2D eigenvalue weighted by Crippen LogP contribution is -2.38. The first kappa shape index (κ1) is 8.97. The molecule has 1 aliphatic carbocycles. The van der Waals surface area contributed by atoms with Crippen molar-refractivity contribution in [1.82, 2.24) is 0 Å². The zero-order chi connectivity index (χ0) is 8.27. The number of aliphatic hydroxyl groups excluding tert-OH is 1. The van der Waals surface area contributed by atoms with E-state index in [-0.39, 0.29) is 18.3 Å². The van der Waals surface area contributed by atoms with E-state index < -0.39 is 0 Å². The minimum atomic E-state index is -0.202. The van der Waals surface area contributed by atoms with Gasteiger partial charge in [0.1, 0.15) is 0 Å². The third-order valence-electron chi connectivity index (χ3n) is 2.31. The van der Waals surface area contributed by atoms with E-state index in [1.165, 1.54) is 0 Å². The molecule has 3 heteroatoms. The average molecular weight is 160 g/mol. The van der Waals surface area contributed by atoms with Crippen LogP contribution in [-0.2, 0) is 9.47 Å². The predicted octanol–water partition coefficient (Wildman–Crippen LogP) is 0.561. The molecule has 0 spiro atoms. The molecule has 0 aromatic heterocycles. The SMILES string of the molecule is COC1CCC(O)CC1OC. The molecular weight excluding hydrogens is 144 g/mol. The van der Waals surface area contributed by atoms with Crippen LogP contribution in [0.2, 0.25) is 0 Å². The lowest BCUT2D eigenvalue weighted by molar-refractivity contribution is -0.0863. The predicted molar refractivity (Wildman–Crippen MR) is 41.5 cm³/mol. The molecule has 0 aromatic carbocycles. The Morgan fingerprint density at radius 3 is 2.27 bits per heavy atom. The molecule has 0 radical (unpaired) electrons. The molecule has 0 aliphatic heterocycles. The topological polar surface area (TPSA) is 38.7 Å². The van der Waals surface area contributed by atoms with E-state index in [2.05, 4.69) is 0 Å². The third kappa shape index (κ3) is 2.15. The van der Waals surface area contributed by atoms with Gasteiger partial charge in [-0.3, -0.25) is 0 Å². The Morgan fingerprint density at radius 1 is 1.09 bits per heavy atom. The number of hydrogen-bond acceptors (Lipinski definition) is 3. The van der Waals surface area contributed by atoms with E-state index in [1.54, 1.807) is 14.2 Å². The van der Waals surface area contributed by atoms with Gasteiger partial charge in [-0.15, -0.1) is 0 Å². The van der Waals surface area contributed by atoms with Crippen molar-refractivity contribution in [3.63, 3.8) is 0 Å². The second kappa shape index (κ2) is 4.04. The van der Waals surface area contributed by atoms with Crippen molar-refractivity contribution < 1.29 is 14.6 Å². The minimum Gasteiger partial charge on any atom is -0.393 e. The van der Waals surface area contributed by atoms with Crippen molar-refractivity contribution in [3.8, 4) is 0 Å². The van der Waals surface area contributed by atoms with Crippen LogP contribution in [0.5, 0.6) is 0 Å². The first-order valence-corrected chi connectivity index (χ1v) is 4.01. The molecule has 0 amide bonds.